The normalized spacial score (nSPS) is 18.0. The van der Waals surface area contributed by atoms with Crippen LogP contribution in [-0.4, -0.2) is 34.7 Å². The van der Waals surface area contributed by atoms with Crippen LogP contribution in [0.2, 0.25) is 5.02 Å². The van der Waals surface area contributed by atoms with Crippen molar-refractivity contribution >= 4 is 34.0 Å². The van der Waals surface area contributed by atoms with Crippen molar-refractivity contribution in [2.24, 2.45) is 5.92 Å². The minimum absolute atomic E-state index is 0. The molecule has 2 aliphatic rings. The molecule has 0 amide bonds. The Balaban J connectivity index is 0.00000225. The molecule has 0 unspecified atom stereocenters. The Morgan fingerprint density at radius 2 is 2.12 bits per heavy atom. The van der Waals surface area contributed by atoms with Crippen LogP contribution in [-0.2, 0) is 10.0 Å². The summed E-state index contributed by atoms with van der Waals surface area (Å²) >= 11 is 6.01. The number of sulfonamides is 1. The summed E-state index contributed by atoms with van der Waals surface area (Å²) in [5.74, 6) is 0.905. The zero-order chi connectivity index (χ0) is 17.0. The Hall–Kier alpha value is -0.790. The van der Waals surface area contributed by atoms with Crippen LogP contribution in [0.15, 0.2) is 34.7 Å². The average molecular weight is 407 g/mol. The molecule has 2 N–H and O–H groups in total. The number of halogens is 2. The molecule has 1 aliphatic heterocycles. The van der Waals surface area contributed by atoms with Crippen molar-refractivity contribution in [2.45, 2.75) is 30.6 Å². The highest BCUT2D eigenvalue weighted by atomic mass is 35.5. The fourth-order valence-corrected chi connectivity index (χ4v) is 4.22. The summed E-state index contributed by atoms with van der Waals surface area (Å²) in [6.45, 7) is 2.53. The van der Waals surface area contributed by atoms with Crippen molar-refractivity contribution in [1.29, 1.82) is 0 Å². The topological polar surface area (TPSA) is 67.4 Å². The average Bonchev–Trinajstić information content (AvgIpc) is 2.54. The van der Waals surface area contributed by atoms with E-state index in [1.165, 1.54) is 12.5 Å². The van der Waals surface area contributed by atoms with Gasteiger partial charge in [0, 0.05) is 18.1 Å². The van der Waals surface area contributed by atoms with Crippen molar-refractivity contribution < 1.29 is 13.2 Å². The highest BCUT2D eigenvalue weighted by Gasteiger charge is 2.23. The third kappa shape index (κ3) is 5.59. The van der Waals surface area contributed by atoms with E-state index < -0.39 is 10.0 Å². The van der Waals surface area contributed by atoms with E-state index >= 15 is 0 Å². The lowest BCUT2D eigenvalue weighted by molar-refractivity contribution is 0.177. The number of rotatable bonds is 7. The van der Waals surface area contributed by atoms with Crippen LogP contribution >= 0.6 is 24.0 Å². The lowest BCUT2D eigenvalue weighted by Gasteiger charge is -2.25. The Morgan fingerprint density at radius 3 is 2.76 bits per heavy atom. The third-order valence-corrected chi connectivity index (χ3v) is 6.20. The van der Waals surface area contributed by atoms with Crippen LogP contribution in [0.4, 0.5) is 0 Å². The van der Waals surface area contributed by atoms with Gasteiger partial charge in [-0.3, -0.25) is 0 Å². The smallest absolute Gasteiger partial charge is 0.244 e. The largest absolute Gasteiger partial charge is 0.492 e. The van der Waals surface area contributed by atoms with Gasteiger partial charge in [0.1, 0.15) is 10.6 Å². The van der Waals surface area contributed by atoms with Gasteiger partial charge >= 0.3 is 0 Å². The molecule has 1 saturated carbocycles. The second-order valence-electron chi connectivity index (χ2n) is 6.34. The van der Waals surface area contributed by atoms with Gasteiger partial charge in [-0.25, -0.2) is 13.1 Å². The molecule has 1 fully saturated rings. The molecule has 0 saturated heterocycles. The van der Waals surface area contributed by atoms with Gasteiger partial charge in [-0.15, -0.1) is 12.4 Å². The predicted molar refractivity (Wildman–Crippen MR) is 102 cm³/mol. The van der Waals surface area contributed by atoms with E-state index in [4.69, 9.17) is 16.3 Å². The van der Waals surface area contributed by atoms with Crippen LogP contribution < -0.4 is 14.8 Å². The lowest BCUT2D eigenvalue weighted by Crippen LogP contribution is -2.30. The fourth-order valence-electron chi connectivity index (χ4n) is 2.77. The van der Waals surface area contributed by atoms with Crippen LogP contribution in [0.1, 0.15) is 25.7 Å². The van der Waals surface area contributed by atoms with Crippen LogP contribution in [0.25, 0.3) is 0 Å². The molecule has 8 heteroatoms. The van der Waals surface area contributed by atoms with Crippen molar-refractivity contribution in [3.8, 4) is 5.75 Å². The first-order valence-corrected chi connectivity index (χ1v) is 10.2. The van der Waals surface area contributed by atoms with E-state index in [-0.39, 0.29) is 17.3 Å². The summed E-state index contributed by atoms with van der Waals surface area (Å²) in [6.07, 6.45) is 6.40. The van der Waals surface area contributed by atoms with Gasteiger partial charge < -0.3 is 10.1 Å². The monoisotopic (exact) mass is 406 g/mol. The lowest BCUT2D eigenvalue weighted by atomic mass is 9.86. The van der Waals surface area contributed by atoms with Gasteiger partial charge in [-0.2, -0.15) is 0 Å². The van der Waals surface area contributed by atoms with Gasteiger partial charge in [-0.05, 0) is 49.9 Å². The molecule has 1 aliphatic carbocycles. The minimum atomic E-state index is -3.67. The van der Waals surface area contributed by atoms with E-state index in [2.05, 4.69) is 10.0 Å². The number of benzene rings is 1. The zero-order valence-corrected chi connectivity index (χ0v) is 16.4. The molecule has 0 spiro atoms. The predicted octanol–water partition coefficient (Wildman–Crippen LogP) is 3.14. The maximum Gasteiger partial charge on any atom is 0.244 e. The maximum atomic E-state index is 12.7. The van der Waals surface area contributed by atoms with Crippen LogP contribution in [0.3, 0.4) is 0 Å². The Labute approximate surface area is 160 Å². The van der Waals surface area contributed by atoms with E-state index in [1.807, 2.05) is 6.08 Å². The molecule has 1 heterocycles. The first kappa shape index (κ1) is 20.5. The number of ether oxygens (including phenoxy) is 1. The van der Waals surface area contributed by atoms with Crippen LogP contribution in [0.5, 0.6) is 5.75 Å². The molecule has 0 bridgehead atoms. The van der Waals surface area contributed by atoms with Gasteiger partial charge in [0.15, 0.2) is 0 Å². The van der Waals surface area contributed by atoms with Crippen molar-refractivity contribution in [2.75, 3.05) is 26.2 Å². The van der Waals surface area contributed by atoms with Crippen molar-refractivity contribution in [3.63, 3.8) is 0 Å². The summed E-state index contributed by atoms with van der Waals surface area (Å²) < 4.78 is 33.8. The fraction of sp³-hybridized carbons (Fsp3) is 0.529. The Kier molecular flexibility index (Phi) is 7.58. The number of nitrogens with one attached hydrogen (secondary N) is 2. The molecule has 0 atom stereocenters. The van der Waals surface area contributed by atoms with E-state index in [0.29, 0.717) is 29.8 Å². The molecule has 140 valence electrons. The Morgan fingerprint density at radius 1 is 1.32 bits per heavy atom. The summed E-state index contributed by atoms with van der Waals surface area (Å²) in [6, 6.07) is 4.75. The van der Waals surface area contributed by atoms with Gasteiger partial charge in [0.05, 0.1) is 6.61 Å². The quantitative estimate of drug-likeness (QED) is 0.682. The summed E-state index contributed by atoms with van der Waals surface area (Å²) in [4.78, 5) is 0.115. The first-order valence-electron chi connectivity index (χ1n) is 8.35. The maximum absolute atomic E-state index is 12.7. The summed E-state index contributed by atoms with van der Waals surface area (Å²) in [5, 5.41) is 3.59. The number of hydrogen-bond donors (Lipinski definition) is 2. The molecule has 0 radical (unpaired) electrons. The Bertz CT molecular complexity index is 719. The van der Waals surface area contributed by atoms with E-state index in [9.17, 15) is 8.42 Å². The molecule has 1 aromatic carbocycles. The summed E-state index contributed by atoms with van der Waals surface area (Å²) in [7, 11) is -3.67. The van der Waals surface area contributed by atoms with Gasteiger partial charge in [-0.1, -0.05) is 29.7 Å². The molecule has 0 aromatic heterocycles. The highest BCUT2D eigenvalue weighted by Crippen LogP contribution is 2.31. The zero-order valence-electron chi connectivity index (χ0n) is 14.0. The minimum Gasteiger partial charge on any atom is -0.492 e. The molecule has 5 nitrogen and oxygen atoms in total. The SMILES string of the molecule is Cl.O=S(=O)(NCC1=CCNCC1)c1cc(Cl)ccc1OCC1CCC1. The molecule has 1 aromatic rings. The third-order valence-electron chi connectivity index (χ3n) is 4.54. The summed E-state index contributed by atoms with van der Waals surface area (Å²) in [5.41, 5.74) is 1.09. The van der Waals surface area contributed by atoms with Crippen molar-refractivity contribution in [3.05, 3.63) is 34.9 Å². The molecular weight excluding hydrogens is 383 g/mol. The van der Waals surface area contributed by atoms with E-state index in [0.717, 1.165) is 37.9 Å². The van der Waals surface area contributed by atoms with E-state index in [1.54, 1.807) is 12.1 Å². The van der Waals surface area contributed by atoms with Gasteiger partial charge in [0.2, 0.25) is 10.0 Å². The number of hydrogen-bond acceptors (Lipinski definition) is 4. The second-order valence-corrected chi connectivity index (χ2v) is 8.51. The van der Waals surface area contributed by atoms with Gasteiger partial charge in [0.25, 0.3) is 0 Å². The standard InChI is InChI=1S/C17H23ClN2O3S.ClH/c18-15-4-5-16(23-12-14-2-1-3-14)17(10-15)24(21,22)20-11-13-6-8-19-9-7-13;/h4-6,10,14,19-20H,1-3,7-9,11-12H2;1H. The second kappa shape index (κ2) is 9.24. The van der Waals surface area contributed by atoms with Crippen LogP contribution in [0, 0.1) is 5.92 Å². The molecule has 25 heavy (non-hydrogen) atoms. The first-order chi connectivity index (χ1) is 11.5. The molecule has 3 rings (SSSR count). The molecular formula is C17H24Cl2N2O3S. The highest BCUT2D eigenvalue weighted by molar-refractivity contribution is 7.89. The van der Waals surface area contributed by atoms with Crippen molar-refractivity contribution in [1.82, 2.24) is 10.0 Å².